The fourth-order valence-electron chi connectivity index (χ4n) is 5.50. The first-order valence-electron chi connectivity index (χ1n) is 14.0. The maximum Gasteiger partial charge on any atom is 0.246 e. The van der Waals surface area contributed by atoms with Gasteiger partial charge in [0.1, 0.15) is 18.5 Å². The van der Waals surface area contributed by atoms with Gasteiger partial charge in [0.05, 0.1) is 17.8 Å². The number of carbonyl (C=O) groups is 1. The number of amides is 1. The molecule has 0 aliphatic carbocycles. The van der Waals surface area contributed by atoms with Crippen molar-refractivity contribution in [3.8, 4) is 0 Å². The Bertz CT molecular complexity index is 1360. The number of benzene rings is 1. The zero-order valence-corrected chi connectivity index (χ0v) is 24.3. The van der Waals surface area contributed by atoms with E-state index >= 15 is 0 Å². The lowest BCUT2D eigenvalue weighted by Crippen LogP contribution is -2.47. The Morgan fingerprint density at radius 1 is 1.34 bits per heavy atom. The molecule has 0 bridgehead atoms. The number of anilines is 1. The van der Waals surface area contributed by atoms with Crippen molar-refractivity contribution in [3.05, 3.63) is 71.9 Å². The second-order valence-electron chi connectivity index (χ2n) is 10.7. The smallest absolute Gasteiger partial charge is 0.246 e. The second kappa shape index (κ2) is 13.9. The molecule has 10 nitrogen and oxygen atoms in total. The largest absolute Gasteiger partial charge is 0.481 e. The number of aromatic nitrogens is 1. The number of aliphatic imine (C=N–C) groups is 1. The number of amidine groups is 1. The van der Waals surface area contributed by atoms with E-state index in [0.29, 0.717) is 44.5 Å². The Morgan fingerprint density at radius 3 is 2.88 bits per heavy atom. The second-order valence-corrected chi connectivity index (χ2v) is 10.7. The van der Waals surface area contributed by atoms with Gasteiger partial charge in [-0.2, -0.15) is 0 Å². The topological polar surface area (TPSA) is 92.7 Å². The number of carbonyl (C=O) groups excluding carboxylic acids is 1. The van der Waals surface area contributed by atoms with Crippen LogP contribution in [0.25, 0.3) is 15.7 Å². The van der Waals surface area contributed by atoms with Crippen molar-refractivity contribution in [2.45, 2.75) is 31.3 Å². The number of rotatable bonds is 11. The zero-order chi connectivity index (χ0) is 29.4. The van der Waals surface area contributed by atoms with Gasteiger partial charge in [0, 0.05) is 56.1 Å². The Balaban J connectivity index is 1.58. The summed E-state index contributed by atoms with van der Waals surface area (Å²) in [6.45, 7) is 14.3. The number of hydrogen-bond acceptors (Lipinski definition) is 7. The van der Waals surface area contributed by atoms with Crippen LogP contribution in [0.2, 0.25) is 0 Å². The van der Waals surface area contributed by atoms with E-state index in [9.17, 15) is 4.79 Å². The highest BCUT2D eigenvalue weighted by atomic mass is 16.5. The van der Waals surface area contributed by atoms with Crippen molar-refractivity contribution in [2.75, 3.05) is 65.4 Å². The number of para-hydroxylation sites is 1. The van der Waals surface area contributed by atoms with E-state index < -0.39 is 0 Å². The Kier molecular flexibility index (Phi) is 10.1. The number of nitrogens with one attached hydrogen (secondary N) is 1. The van der Waals surface area contributed by atoms with E-state index in [1.165, 1.54) is 23.8 Å². The van der Waals surface area contributed by atoms with Gasteiger partial charge in [0.15, 0.2) is 6.40 Å². The molecule has 2 aliphatic rings. The van der Waals surface area contributed by atoms with Gasteiger partial charge in [-0.15, -0.1) is 0 Å². The average Bonchev–Trinajstić information content (AvgIpc) is 3.41. The fourth-order valence-corrected chi connectivity index (χ4v) is 5.50. The predicted molar refractivity (Wildman–Crippen MR) is 164 cm³/mol. The van der Waals surface area contributed by atoms with Crippen LogP contribution in [-0.4, -0.2) is 110 Å². The SMILES string of the molecule is [C-]#[N+]CC(CN(C)C(=N)C1=C(N=COC[C@@H]2CCCN2C)CN(c2ccnc3ccccc23)CC1)N(C)C(=O)C=C. The Hall–Kier alpha value is -4.23. The van der Waals surface area contributed by atoms with Gasteiger partial charge in [-0.1, -0.05) is 24.8 Å². The Morgan fingerprint density at radius 2 is 2.15 bits per heavy atom. The van der Waals surface area contributed by atoms with Crippen molar-refractivity contribution in [1.82, 2.24) is 19.7 Å². The molecule has 10 heteroatoms. The summed E-state index contributed by atoms with van der Waals surface area (Å²) in [5.41, 5.74) is 3.62. The minimum atomic E-state index is -0.370. The van der Waals surface area contributed by atoms with E-state index in [-0.39, 0.29) is 18.5 Å². The minimum absolute atomic E-state index is 0.143. The van der Waals surface area contributed by atoms with Crippen molar-refractivity contribution in [3.63, 3.8) is 0 Å². The van der Waals surface area contributed by atoms with Crippen molar-refractivity contribution in [2.24, 2.45) is 4.99 Å². The molecule has 1 unspecified atom stereocenters. The molecule has 1 aromatic carbocycles. The third kappa shape index (κ3) is 7.11. The van der Waals surface area contributed by atoms with Crippen molar-refractivity contribution < 1.29 is 9.53 Å². The molecule has 1 fully saturated rings. The average molecular weight is 557 g/mol. The van der Waals surface area contributed by atoms with E-state index in [4.69, 9.17) is 21.7 Å². The van der Waals surface area contributed by atoms with Crippen LogP contribution < -0.4 is 4.90 Å². The summed E-state index contributed by atoms with van der Waals surface area (Å²) in [6.07, 6.45) is 7.52. The molecule has 1 saturated heterocycles. The number of likely N-dealkylation sites (tertiary alicyclic amines) is 1. The first-order chi connectivity index (χ1) is 19.8. The first kappa shape index (κ1) is 29.7. The van der Waals surface area contributed by atoms with Gasteiger partial charge >= 0.3 is 0 Å². The molecule has 1 aromatic heterocycles. The first-order valence-corrected chi connectivity index (χ1v) is 14.0. The van der Waals surface area contributed by atoms with Gasteiger partial charge in [-0.05, 0) is 51.1 Å². The summed E-state index contributed by atoms with van der Waals surface area (Å²) < 4.78 is 5.89. The van der Waals surface area contributed by atoms with Gasteiger partial charge in [0.25, 0.3) is 0 Å². The van der Waals surface area contributed by atoms with Gasteiger partial charge in [-0.25, -0.2) is 11.6 Å². The molecule has 216 valence electrons. The van der Waals surface area contributed by atoms with Crippen LogP contribution in [0, 0.1) is 12.0 Å². The third-order valence-corrected chi connectivity index (χ3v) is 8.05. The highest BCUT2D eigenvalue weighted by Gasteiger charge is 2.28. The normalized spacial score (nSPS) is 18.4. The fraction of sp³-hybridized carbons (Fsp3) is 0.452. The number of nitrogens with zero attached hydrogens (tertiary/aromatic N) is 7. The van der Waals surface area contributed by atoms with E-state index in [2.05, 4.69) is 39.3 Å². The van der Waals surface area contributed by atoms with Gasteiger partial charge in [-0.3, -0.25) is 15.2 Å². The van der Waals surface area contributed by atoms with Crippen LogP contribution in [0.1, 0.15) is 19.3 Å². The number of pyridine rings is 1. The molecule has 41 heavy (non-hydrogen) atoms. The summed E-state index contributed by atoms with van der Waals surface area (Å²) in [7, 11) is 5.62. The maximum absolute atomic E-state index is 12.2. The Labute approximate surface area is 242 Å². The van der Waals surface area contributed by atoms with Gasteiger partial charge in [0.2, 0.25) is 12.5 Å². The number of fused-ring (bicyclic) bond motifs is 1. The monoisotopic (exact) mass is 556 g/mol. The van der Waals surface area contributed by atoms with Crippen LogP contribution in [0.5, 0.6) is 0 Å². The van der Waals surface area contributed by atoms with E-state index in [0.717, 1.165) is 40.8 Å². The molecule has 4 rings (SSSR count). The lowest BCUT2D eigenvalue weighted by atomic mass is 10.0. The molecule has 1 amide bonds. The number of ether oxygens (including phenoxy) is 1. The molecular weight excluding hydrogens is 516 g/mol. The number of likely N-dealkylation sites (N-methyl/N-ethyl adjacent to an activating group) is 3. The lowest BCUT2D eigenvalue weighted by Gasteiger charge is -2.34. The summed E-state index contributed by atoms with van der Waals surface area (Å²) >= 11 is 0. The molecule has 2 aliphatic heterocycles. The summed E-state index contributed by atoms with van der Waals surface area (Å²) in [4.78, 5) is 33.0. The van der Waals surface area contributed by atoms with Crippen LogP contribution >= 0.6 is 0 Å². The van der Waals surface area contributed by atoms with Crippen molar-refractivity contribution >= 4 is 34.7 Å². The van der Waals surface area contributed by atoms with E-state index in [1.54, 1.807) is 11.9 Å². The van der Waals surface area contributed by atoms with Crippen LogP contribution in [-0.2, 0) is 9.53 Å². The maximum atomic E-state index is 12.2. The molecule has 1 N–H and O–H groups in total. The van der Waals surface area contributed by atoms with Crippen LogP contribution in [0.4, 0.5) is 5.69 Å². The molecule has 3 heterocycles. The lowest BCUT2D eigenvalue weighted by molar-refractivity contribution is -0.126. The van der Waals surface area contributed by atoms with Crippen molar-refractivity contribution in [1.29, 1.82) is 5.41 Å². The summed E-state index contributed by atoms with van der Waals surface area (Å²) in [5.74, 6) is 0.0902. The summed E-state index contributed by atoms with van der Waals surface area (Å²) in [5, 5.41) is 10.2. The molecular formula is C31H40N8O2. The highest BCUT2D eigenvalue weighted by Crippen LogP contribution is 2.30. The van der Waals surface area contributed by atoms with Crippen LogP contribution in [0.15, 0.2) is 65.4 Å². The van der Waals surface area contributed by atoms with Gasteiger partial charge < -0.3 is 29.2 Å². The zero-order valence-electron chi connectivity index (χ0n) is 24.3. The predicted octanol–water partition coefficient (Wildman–Crippen LogP) is 3.68. The minimum Gasteiger partial charge on any atom is -0.481 e. The van der Waals surface area contributed by atoms with E-state index in [1.807, 2.05) is 37.5 Å². The molecule has 0 radical (unpaired) electrons. The standard InChI is InChI=1S/C31H40N8O2/c1-6-30(40)38(5)24(18-33-2)19-37(4)31(32)26-14-17-39(29-13-15-34-27-12-8-7-11-25(27)29)20-28(26)35-22-41-21-23-10-9-16-36(23)3/h6-8,11-13,15,22-24,32H,1,9-10,14,16-21H2,3-5H3/t23-,24?/m0/s1. The third-order valence-electron chi connectivity index (χ3n) is 8.05. The molecule has 0 spiro atoms. The molecule has 2 atom stereocenters. The summed E-state index contributed by atoms with van der Waals surface area (Å²) in [6, 6.07) is 10.1. The molecule has 2 aromatic rings. The molecule has 0 saturated carbocycles. The highest BCUT2D eigenvalue weighted by molar-refractivity contribution is 5.98. The van der Waals surface area contributed by atoms with Crippen LogP contribution in [0.3, 0.4) is 0 Å². The number of hydrogen-bond donors (Lipinski definition) is 1. The quantitative estimate of drug-likeness (QED) is 0.197.